The first kappa shape index (κ1) is 19.5. The summed E-state index contributed by atoms with van der Waals surface area (Å²) in [5.41, 5.74) is 4.15. The Hall–Kier alpha value is -2.82. The highest BCUT2D eigenvalue weighted by molar-refractivity contribution is 7.11. The number of nitrogens with two attached hydrogens (primary N) is 1. The molecule has 0 bridgehead atoms. The van der Waals surface area contributed by atoms with E-state index in [0.29, 0.717) is 18.1 Å². The van der Waals surface area contributed by atoms with Crippen molar-refractivity contribution in [2.45, 2.75) is 20.5 Å². The maximum Gasteiger partial charge on any atom is 0.319 e. The summed E-state index contributed by atoms with van der Waals surface area (Å²) in [6.07, 6.45) is 0. The van der Waals surface area contributed by atoms with Crippen LogP contribution in [-0.2, 0) is 6.61 Å². The van der Waals surface area contributed by atoms with Crippen molar-refractivity contribution in [1.29, 1.82) is 0 Å². The molecule has 4 N–H and O–H groups in total. The average Bonchev–Trinajstić information content (AvgIpc) is 2.95. The molecular formula is C15H15F3N4O3S. The van der Waals surface area contributed by atoms with E-state index in [1.165, 1.54) is 6.92 Å². The Kier molecular flexibility index (Phi) is 6.03. The molecule has 0 aliphatic carbocycles. The van der Waals surface area contributed by atoms with Crippen LogP contribution in [0.2, 0.25) is 0 Å². The van der Waals surface area contributed by atoms with Crippen LogP contribution in [0.25, 0.3) is 0 Å². The number of aryl methyl sites for hydroxylation is 1. The molecule has 0 spiro atoms. The van der Waals surface area contributed by atoms with E-state index in [0.717, 1.165) is 6.07 Å². The minimum Gasteiger partial charge on any atom is -0.471 e. The molecule has 0 atom stereocenters. The number of benzene rings is 1. The second-order valence-corrected chi connectivity index (χ2v) is 5.88. The molecule has 0 radical (unpaired) electrons. The van der Waals surface area contributed by atoms with Crippen LogP contribution < -0.4 is 21.1 Å². The van der Waals surface area contributed by atoms with E-state index in [-0.39, 0.29) is 22.0 Å². The zero-order chi connectivity index (χ0) is 19.4. The Morgan fingerprint density at radius 3 is 2.62 bits per heavy atom. The number of anilines is 1. The second kappa shape index (κ2) is 8.04. The lowest BCUT2D eigenvalue weighted by Crippen LogP contribution is -2.28. The van der Waals surface area contributed by atoms with Gasteiger partial charge in [-0.1, -0.05) is 0 Å². The number of primary amides is 1. The van der Waals surface area contributed by atoms with Crippen LogP contribution in [0.3, 0.4) is 0 Å². The standard InChI is InChI=1S/C15H15F3N4O3S/c1-3-20-15(24)21-14-9(12(19)23)13(22-26-14)25-5-7-8(16)4-6(2)10(17)11(7)18/h4H,3,5H2,1-2H3,(H2,19,23)(H2,20,21,24). The number of rotatable bonds is 6. The topological polar surface area (TPSA) is 106 Å². The van der Waals surface area contributed by atoms with E-state index >= 15 is 0 Å². The summed E-state index contributed by atoms with van der Waals surface area (Å²) >= 11 is 0.698. The summed E-state index contributed by atoms with van der Waals surface area (Å²) in [4.78, 5) is 23.2. The van der Waals surface area contributed by atoms with Crippen molar-refractivity contribution in [3.05, 3.63) is 40.2 Å². The molecule has 3 amide bonds. The van der Waals surface area contributed by atoms with Crippen LogP contribution in [0.5, 0.6) is 5.88 Å². The van der Waals surface area contributed by atoms with Gasteiger partial charge in [0.1, 0.15) is 23.0 Å². The first-order chi connectivity index (χ1) is 12.3. The van der Waals surface area contributed by atoms with Gasteiger partial charge in [0.25, 0.3) is 5.91 Å². The number of hydrogen-bond acceptors (Lipinski definition) is 5. The number of hydrogen-bond donors (Lipinski definition) is 3. The highest BCUT2D eigenvalue weighted by Crippen LogP contribution is 2.31. The Labute approximate surface area is 150 Å². The van der Waals surface area contributed by atoms with E-state index in [1.54, 1.807) is 6.92 Å². The number of aromatic nitrogens is 1. The summed E-state index contributed by atoms with van der Waals surface area (Å²) in [5.74, 6) is -4.88. The molecule has 7 nitrogen and oxygen atoms in total. The average molecular weight is 388 g/mol. The molecule has 0 unspecified atom stereocenters. The van der Waals surface area contributed by atoms with Gasteiger partial charge in [-0.15, -0.1) is 0 Å². The van der Waals surface area contributed by atoms with Crippen LogP contribution in [0.15, 0.2) is 6.07 Å². The predicted octanol–water partition coefficient (Wildman–Crippen LogP) is 2.69. The van der Waals surface area contributed by atoms with Crippen LogP contribution in [-0.4, -0.2) is 22.9 Å². The maximum atomic E-state index is 13.9. The first-order valence-electron chi connectivity index (χ1n) is 7.36. The monoisotopic (exact) mass is 388 g/mol. The number of carbonyl (C=O) groups is 2. The van der Waals surface area contributed by atoms with Crippen molar-refractivity contribution in [2.75, 3.05) is 11.9 Å². The fourth-order valence-corrected chi connectivity index (χ4v) is 2.74. The van der Waals surface area contributed by atoms with Crippen LogP contribution in [0.4, 0.5) is 23.0 Å². The number of ether oxygens (including phenoxy) is 1. The highest BCUT2D eigenvalue weighted by Gasteiger charge is 2.23. The minimum absolute atomic E-state index is 0.00878. The van der Waals surface area contributed by atoms with E-state index in [9.17, 15) is 22.8 Å². The third-order valence-electron chi connectivity index (χ3n) is 3.26. The smallest absolute Gasteiger partial charge is 0.319 e. The Morgan fingerprint density at radius 1 is 1.31 bits per heavy atom. The molecule has 140 valence electrons. The largest absolute Gasteiger partial charge is 0.471 e. The Bertz CT molecular complexity index is 857. The van der Waals surface area contributed by atoms with Gasteiger partial charge >= 0.3 is 6.03 Å². The third kappa shape index (κ3) is 4.04. The first-order valence-corrected chi connectivity index (χ1v) is 8.13. The quantitative estimate of drug-likeness (QED) is 0.662. The second-order valence-electron chi connectivity index (χ2n) is 5.11. The van der Waals surface area contributed by atoms with Gasteiger partial charge in [0.2, 0.25) is 5.88 Å². The lowest BCUT2D eigenvalue weighted by atomic mass is 10.1. The van der Waals surface area contributed by atoms with Gasteiger partial charge in [-0.2, -0.15) is 4.37 Å². The lowest BCUT2D eigenvalue weighted by molar-refractivity contribution is 0.0996. The summed E-state index contributed by atoms with van der Waals surface area (Å²) in [6.45, 7) is 2.54. The van der Waals surface area contributed by atoms with Crippen molar-refractivity contribution in [1.82, 2.24) is 9.69 Å². The molecular weight excluding hydrogens is 373 g/mol. The minimum atomic E-state index is -1.39. The predicted molar refractivity (Wildman–Crippen MR) is 88.7 cm³/mol. The zero-order valence-corrected chi connectivity index (χ0v) is 14.6. The van der Waals surface area contributed by atoms with E-state index in [1.807, 2.05) is 0 Å². The fourth-order valence-electron chi connectivity index (χ4n) is 2.01. The number of nitrogens with one attached hydrogen (secondary N) is 2. The van der Waals surface area contributed by atoms with Gasteiger partial charge in [0, 0.05) is 6.54 Å². The summed E-state index contributed by atoms with van der Waals surface area (Å²) in [6, 6.07) is 0.234. The molecule has 0 fully saturated rings. The van der Waals surface area contributed by atoms with Crippen molar-refractivity contribution in [2.24, 2.45) is 5.73 Å². The molecule has 0 aliphatic heterocycles. The third-order valence-corrected chi connectivity index (χ3v) is 4.01. The van der Waals surface area contributed by atoms with Crippen LogP contribution in [0, 0.1) is 24.4 Å². The highest BCUT2D eigenvalue weighted by atomic mass is 32.1. The lowest BCUT2D eigenvalue weighted by Gasteiger charge is -2.09. The van der Waals surface area contributed by atoms with Gasteiger partial charge in [-0.3, -0.25) is 10.1 Å². The van der Waals surface area contributed by atoms with E-state index < -0.39 is 41.6 Å². The zero-order valence-electron chi connectivity index (χ0n) is 13.8. The van der Waals surface area contributed by atoms with Gasteiger partial charge < -0.3 is 15.8 Å². The Balaban J connectivity index is 2.26. The van der Waals surface area contributed by atoms with Gasteiger partial charge in [-0.25, -0.2) is 18.0 Å². The molecule has 1 aromatic carbocycles. The number of nitrogens with zero attached hydrogens (tertiary/aromatic N) is 1. The van der Waals surface area contributed by atoms with Crippen molar-refractivity contribution in [3.63, 3.8) is 0 Å². The SMILES string of the molecule is CCNC(=O)Nc1snc(OCc2c(F)cc(C)c(F)c2F)c1C(N)=O. The molecule has 2 rings (SSSR count). The molecule has 2 aromatic rings. The molecule has 0 saturated carbocycles. The molecule has 11 heteroatoms. The van der Waals surface area contributed by atoms with Gasteiger partial charge in [0.05, 0.1) is 5.56 Å². The van der Waals surface area contributed by atoms with Gasteiger partial charge in [-0.05, 0) is 37.0 Å². The molecule has 1 aromatic heterocycles. The molecule has 1 heterocycles. The fraction of sp³-hybridized carbons (Fsp3) is 0.267. The van der Waals surface area contributed by atoms with Crippen molar-refractivity contribution < 1.29 is 27.5 Å². The molecule has 26 heavy (non-hydrogen) atoms. The summed E-state index contributed by atoms with van der Waals surface area (Å²) in [5, 5.41) is 4.83. The van der Waals surface area contributed by atoms with E-state index in [4.69, 9.17) is 10.5 Å². The number of urea groups is 1. The molecule has 0 aliphatic rings. The summed E-state index contributed by atoms with van der Waals surface area (Å²) < 4.78 is 50.3. The number of halogens is 3. The normalized spacial score (nSPS) is 10.5. The van der Waals surface area contributed by atoms with E-state index in [2.05, 4.69) is 15.0 Å². The molecule has 0 saturated heterocycles. The van der Waals surface area contributed by atoms with Crippen LogP contribution >= 0.6 is 11.5 Å². The summed E-state index contributed by atoms with van der Waals surface area (Å²) in [7, 11) is 0. The van der Waals surface area contributed by atoms with Crippen molar-refractivity contribution >= 4 is 28.5 Å². The van der Waals surface area contributed by atoms with Crippen LogP contribution in [0.1, 0.15) is 28.4 Å². The van der Waals surface area contributed by atoms with Crippen molar-refractivity contribution in [3.8, 4) is 5.88 Å². The number of carbonyl (C=O) groups excluding carboxylic acids is 2. The maximum absolute atomic E-state index is 13.9. The Morgan fingerprint density at radius 2 is 2.00 bits per heavy atom. The van der Waals surface area contributed by atoms with Gasteiger partial charge in [0.15, 0.2) is 11.6 Å². The number of amides is 3.